The first-order valence-corrected chi connectivity index (χ1v) is 6.42. The van der Waals surface area contributed by atoms with Crippen LogP contribution in [0.25, 0.3) is 0 Å². The van der Waals surface area contributed by atoms with E-state index in [1.807, 2.05) is 6.07 Å². The molecular weight excluding hydrogens is 260 g/mol. The Bertz CT molecular complexity index is 516. The van der Waals surface area contributed by atoms with Gasteiger partial charge in [-0.3, -0.25) is 9.59 Å². The van der Waals surface area contributed by atoms with Crippen LogP contribution in [0.4, 0.5) is 0 Å². The molecule has 1 saturated heterocycles. The third-order valence-electron chi connectivity index (χ3n) is 3.26. The molecule has 1 aliphatic rings. The van der Waals surface area contributed by atoms with E-state index in [-0.39, 0.29) is 11.8 Å². The van der Waals surface area contributed by atoms with Gasteiger partial charge in [0.2, 0.25) is 11.8 Å². The number of benzene rings is 1. The monoisotopic (exact) mass is 278 g/mol. The molecule has 2 rings (SSSR count). The maximum Gasteiger partial charge on any atom is 0.242 e. The van der Waals surface area contributed by atoms with Crippen LogP contribution >= 0.6 is 0 Å². The number of rotatable bonds is 5. The van der Waals surface area contributed by atoms with Crippen LogP contribution in [-0.4, -0.2) is 32.1 Å². The normalized spacial score (nSPS) is 17.5. The summed E-state index contributed by atoms with van der Waals surface area (Å²) in [5, 5.41) is 5.43. The van der Waals surface area contributed by atoms with Gasteiger partial charge in [0.15, 0.2) is 0 Å². The van der Waals surface area contributed by atoms with Crippen LogP contribution in [0.5, 0.6) is 11.5 Å². The highest BCUT2D eigenvalue weighted by Gasteiger charge is 2.26. The molecule has 0 aliphatic carbocycles. The molecule has 0 saturated carbocycles. The predicted molar refractivity (Wildman–Crippen MR) is 72.6 cm³/mol. The molecule has 0 spiro atoms. The van der Waals surface area contributed by atoms with Gasteiger partial charge in [0.1, 0.15) is 17.5 Å². The fourth-order valence-corrected chi connectivity index (χ4v) is 2.11. The Morgan fingerprint density at radius 1 is 1.40 bits per heavy atom. The van der Waals surface area contributed by atoms with Crippen molar-refractivity contribution in [3.63, 3.8) is 0 Å². The van der Waals surface area contributed by atoms with Crippen LogP contribution in [0.15, 0.2) is 18.2 Å². The molecule has 6 nitrogen and oxygen atoms in total. The van der Waals surface area contributed by atoms with Crippen molar-refractivity contribution < 1.29 is 19.1 Å². The van der Waals surface area contributed by atoms with Crippen molar-refractivity contribution in [3.05, 3.63) is 23.8 Å². The van der Waals surface area contributed by atoms with Gasteiger partial charge in [-0.25, -0.2) is 0 Å². The van der Waals surface area contributed by atoms with Crippen molar-refractivity contribution in [2.45, 2.75) is 25.4 Å². The summed E-state index contributed by atoms with van der Waals surface area (Å²) < 4.78 is 10.4. The lowest BCUT2D eigenvalue weighted by Gasteiger charge is -2.13. The van der Waals surface area contributed by atoms with Gasteiger partial charge in [-0.2, -0.15) is 0 Å². The summed E-state index contributed by atoms with van der Waals surface area (Å²) in [6.45, 7) is 0.346. The number of hydrogen-bond donors (Lipinski definition) is 2. The maximum absolute atomic E-state index is 11.9. The minimum absolute atomic E-state index is 0.0767. The number of ether oxygens (including phenoxy) is 2. The average molecular weight is 278 g/mol. The Morgan fingerprint density at radius 2 is 2.20 bits per heavy atom. The quantitative estimate of drug-likeness (QED) is 0.827. The van der Waals surface area contributed by atoms with Gasteiger partial charge in [-0.15, -0.1) is 0 Å². The summed E-state index contributed by atoms with van der Waals surface area (Å²) in [4.78, 5) is 23.0. The van der Waals surface area contributed by atoms with E-state index in [1.54, 1.807) is 26.4 Å². The molecule has 1 aromatic rings. The average Bonchev–Trinajstić information content (AvgIpc) is 2.91. The smallest absolute Gasteiger partial charge is 0.242 e. The lowest BCUT2D eigenvalue weighted by Crippen LogP contribution is -2.41. The molecule has 6 heteroatoms. The summed E-state index contributed by atoms with van der Waals surface area (Å²) in [5.74, 6) is 1.10. The first kappa shape index (κ1) is 14.2. The first-order chi connectivity index (χ1) is 9.63. The van der Waals surface area contributed by atoms with E-state index in [9.17, 15) is 9.59 Å². The Kier molecular flexibility index (Phi) is 4.45. The molecule has 1 aromatic carbocycles. The van der Waals surface area contributed by atoms with Gasteiger partial charge >= 0.3 is 0 Å². The molecular formula is C14H18N2O4. The second-order valence-corrected chi connectivity index (χ2v) is 4.55. The topological polar surface area (TPSA) is 76.7 Å². The maximum atomic E-state index is 11.9. The molecule has 0 bridgehead atoms. The Balaban J connectivity index is 1.96. The van der Waals surface area contributed by atoms with Crippen LogP contribution in [0.1, 0.15) is 18.4 Å². The minimum Gasteiger partial charge on any atom is -0.497 e. The van der Waals surface area contributed by atoms with Crippen molar-refractivity contribution in [1.82, 2.24) is 10.6 Å². The fraction of sp³-hybridized carbons (Fsp3) is 0.429. The second kappa shape index (κ2) is 6.27. The number of carbonyl (C=O) groups is 2. The van der Waals surface area contributed by atoms with Gasteiger partial charge in [0.05, 0.1) is 14.2 Å². The highest BCUT2D eigenvalue weighted by molar-refractivity contribution is 5.90. The number of methoxy groups -OCH3 is 2. The van der Waals surface area contributed by atoms with Gasteiger partial charge in [0, 0.05) is 24.6 Å². The van der Waals surface area contributed by atoms with E-state index in [2.05, 4.69) is 10.6 Å². The lowest BCUT2D eigenvalue weighted by molar-refractivity contribution is -0.125. The summed E-state index contributed by atoms with van der Waals surface area (Å²) in [7, 11) is 3.15. The Hall–Kier alpha value is -2.24. The zero-order chi connectivity index (χ0) is 14.5. The molecule has 108 valence electrons. The third-order valence-corrected chi connectivity index (χ3v) is 3.26. The van der Waals surface area contributed by atoms with Gasteiger partial charge in [0.25, 0.3) is 0 Å². The molecule has 1 heterocycles. The zero-order valence-electron chi connectivity index (χ0n) is 11.6. The number of nitrogens with one attached hydrogen (secondary N) is 2. The molecule has 1 atom stereocenters. The van der Waals surface area contributed by atoms with E-state index in [1.165, 1.54) is 0 Å². The zero-order valence-corrected chi connectivity index (χ0v) is 11.6. The van der Waals surface area contributed by atoms with Gasteiger partial charge < -0.3 is 20.1 Å². The lowest BCUT2D eigenvalue weighted by atomic mass is 10.1. The van der Waals surface area contributed by atoms with Crippen molar-refractivity contribution in [2.75, 3.05) is 14.2 Å². The predicted octanol–water partition coefficient (Wildman–Crippen LogP) is 0.599. The summed E-state index contributed by atoms with van der Waals surface area (Å²) in [5.41, 5.74) is 0.853. The van der Waals surface area contributed by atoms with Gasteiger partial charge in [-0.05, 0) is 18.6 Å². The minimum atomic E-state index is -0.424. The van der Waals surface area contributed by atoms with Crippen molar-refractivity contribution in [2.24, 2.45) is 0 Å². The molecule has 2 amide bonds. The van der Waals surface area contributed by atoms with E-state index in [0.717, 1.165) is 5.56 Å². The van der Waals surface area contributed by atoms with E-state index >= 15 is 0 Å². The van der Waals surface area contributed by atoms with Gasteiger partial charge in [-0.1, -0.05) is 0 Å². The van der Waals surface area contributed by atoms with Crippen molar-refractivity contribution in [3.8, 4) is 11.5 Å². The van der Waals surface area contributed by atoms with E-state index < -0.39 is 6.04 Å². The summed E-state index contributed by atoms with van der Waals surface area (Å²) in [6.07, 6.45) is 0.953. The largest absolute Gasteiger partial charge is 0.497 e. The molecule has 0 aromatic heterocycles. The first-order valence-electron chi connectivity index (χ1n) is 6.42. The standard InChI is InChI=1S/C14H18N2O4/c1-19-10-4-3-9(12(7-10)20-2)8-15-14(18)11-5-6-13(17)16-11/h3-4,7,11H,5-6,8H2,1-2H3,(H,15,18)(H,16,17). The molecule has 1 aliphatic heterocycles. The summed E-state index contributed by atoms with van der Waals surface area (Å²) in [6, 6.07) is 4.98. The van der Waals surface area contributed by atoms with Crippen molar-refractivity contribution in [1.29, 1.82) is 0 Å². The number of amides is 2. The fourth-order valence-electron chi connectivity index (χ4n) is 2.11. The second-order valence-electron chi connectivity index (χ2n) is 4.55. The highest BCUT2D eigenvalue weighted by Crippen LogP contribution is 2.24. The molecule has 0 radical (unpaired) electrons. The van der Waals surface area contributed by atoms with E-state index in [0.29, 0.717) is 30.9 Å². The Labute approximate surface area is 117 Å². The summed E-state index contributed by atoms with van der Waals surface area (Å²) >= 11 is 0. The SMILES string of the molecule is COc1ccc(CNC(=O)C2CCC(=O)N2)c(OC)c1. The highest BCUT2D eigenvalue weighted by atomic mass is 16.5. The third kappa shape index (κ3) is 3.20. The van der Waals surface area contributed by atoms with Crippen LogP contribution in [0.3, 0.4) is 0 Å². The Morgan fingerprint density at radius 3 is 2.80 bits per heavy atom. The van der Waals surface area contributed by atoms with Crippen LogP contribution in [-0.2, 0) is 16.1 Å². The molecule has 2 N–H and O–H groups in total. The van der Waals surface area contributed by atoms with E-state index in [4.69, 9.17) is 9.47 Å². The van der Waals surface area contributed by atoms with Crippen LogP contribution in [0, 0.1) is 0 Å². The number of carbonyl (C=O) groups excluding carboxylic acids is 2. The van der Waals surface area contributed by atoms with Crippen LogP contribution < -0.4 is 20.1 Å². The molecule has 1 fully saturated rings. The van der Waals surface area contributed by atoms with Crippen molar-refractivity contribution >= 4 is 11.8 Å². The molecule has 1 unspecified atom stereocenters. The van der Waals surface area contributed by atoms with Crippen LogP contribution in [0.2, 0.25) is 0 Å². The molecule has 20 heavy (non-hydrogen) atoms. The number of hydrogen-bond acceptors (Lipinski definition) is 4.